The van der Waals surface area contributed by atoms with Crippen molar-refractivity contribution in [1.29, 1.82) is 0 Å². The van der Waals surface area contributed by atoms with E-state index in [1.165, 1.54) is 36.2 Å². The number of nitrogens with zero attached hydrogens (tertiary/aromatic N) is 2. The van der Waals surface area contributed by atoms with Gasteiger partial charge in [-0.15, -0.1) is 0 Å². The topological polar surface area (TPSA) is 55.1 Å². The molecule has 2 atom stereocenters. The van der Waals surface area contributed by atoms with Crippen LogP contribution in [0.5, 0.6) is 0 Å². The molecular formula is C12H14N2O2. The van der Waals surface area contributed by atoms with Crippen molar-refractivity contribution in [3.63, 3.8) is 0 Å². The Labute approximate surface area is 93.3 Å². The number of carbonyl (C=O) groups is 1. The van der Waals surface area contributed by atoms with E-state index in [1.54, 1.807) is 4.68 Å². The van der Waals surface area contributed by atoms with Crippen molar-refractivity contribution in [2.75, 3.05) is 0 Å². The van der Waals surface area contributed by atoms with Crippen molar-refractivity contribution in [3.8, 4) is 0 Å². The summed E-state index contributed by atoms with van der Waals surface area (Å²) in [5.41, 5.74) is 3.90. The molecule has 3 aliphatic carbocycles. The summed E-state index contributed by atoms with van der Waals surface area (Å²) in [6.07, 6.45) is 4.86. The third-order valence-corrected chi connectivity index (χ3v) is 4.12. The number of aromatic nitrogens is 2. The van der Waals surface area contributed by atoms with E-state index in [1.807, 2.05) is 0 Å². The van der Waals surface area contributed by atoms with Gasteiger partial charge in [-0.05, 0) is 37.5 Å². The minimum atomic E-state index is -0.784. The zero-order chi connectivity index (χ0) is 10.9. The second-order valence-corrected chi connectivity index (χ2v) is 5.38. The number of carboxylic acid groups (broad SMARTS) is 1. The quantitative estimate of drug-likeness (QED) is 0.836. The Bertz CT molecular complexity index is 487. The monoisotopic (exact) mass is 218 g/mol. The number of fused-ring (bicyclic) bond motifs is 3. The minimum absolute atomic E-state index is 0.0362. The van der Waals surface area contributed by atoms with Gasteiger partial charge in [-0.1, -0.05) is 0 Å². The first-order valence-corrected chi connectivity index (χ1v) is 6.05. The lowest BCUT2D eigenvalue weighted by molar-refractivity contribution is -0.137. The van der Waals surface area contributed by atoms with Gasteiger partial charge in [0.25, 0.3) is 0 Å². The molecule has 0 saturated heterocycles. The van der Waals surface area contributed by atoms with Crippen LogP contribution in [-0.2, 0) is 17.8 Å². The fraction of sp³-hybridized carbons (Fsp3) is 0.667. The molecule has 2 saturated carbocycles. The van der Waals surface area contributed by atoms with Crippen LogP contribution in [0.4, 0.5) is 0 Å². The Morgan fingerprint density at radius 2 is 2.31 bits per heavy atom. The SMILES string of the molecule is O=C(O)Cn1nc(C2CC2)c2c1C[C@@H]1C[C@H]21. The Kier molecular flexibility index (Phi) is 1.47. The van der Waals surface area contributed by atoms with E-state index in [4.69, 9.17) is 5.11 Å². The number of hydrogen-bond donors (Lipinski definition) is 1. The Balaban J connectivity index is 1.80. The highest BCUT2D eigenvalue weighted by Crippen LogP contribution is 2.59. The Hall–Kier alpha value is -1.32. The third kappa shape index (κ3) is 1.10. The molecule has 16 heavy (non-hydrogen) atoms. The summed E-state index contributed by atoms with van der Waals surface area (Å²) < 4.78 is 1.75. The molecule has 0 bridgehead atoms. The molecule has 4 heteroatoms. The van der Waals surface area contributed by atoms with Crippen LogP contribution in [-0.4, -0.2) is 20.9 Å². The van der Waals surface area contributed by atoms with E-state index < -0.39 is 5.97 Å². The number of hydrogen-bond acceptors (Lipinski definition) is 2. The molecule has 0 aliphatic heterocycles. The zero-order valence-corrected chi connectivity index (χ0v) is 9.02. The van der Waals surface area contributed by atoms with Gasteiger partial charge in [0, 0.05) is 17.2 Å². The van der Waals surface area contributed by atoms with Gasteiger partial charge in [-0.2, -0.15) is 5.10 Å². The second kappa shape index (κ2) is 2.67. The highest BCUT2D eigenvalue weighted by molar-refractivity contribution is 5.66. The lowest BCUT2D eigenvalue weighted by atomic mass is 10.1. The molecule has 1 heterocycles. The predicted octanol–water partition coefficient (Wildman–Crippen LogP) is 1.50. The molecule has 0 amide bonds. The third-order valence-electron chi connectivity index (χ3n) is 4.12. The fourth-order valence-electron chi connectivity index (χ4n) is 3.14. The van der Waals surface area contributed by atoms with Crippen LogP contribution < -0.4 is 0 Å². The molecule has 4 rings (SSSR count). The van der Waals surface area contributed by atoms with Crippen molar-refractivity contribution in [1.82, 2.24) is 9.78 Å². The van der Waals surface area contributed by atoms with Gasteiger partial charge < -0.3 is 5.11 Å². The largest absolute Gasteiger partial charge is 0.480 e. The molecule has 4 nitrogen and oxygen atoms in total. The van der Waals surface area contributed by atoms with Crippen molar-refractivity contribution in [3.05, 3.63) is 17.0 Å². The molecule has 3 aliphatic rings. The Morgan fingerprint density at radius 3 is 3.00 bits per heavy atom. The first-order valence-electron chi connectivity index (χ1n) is 6.05. The summed E-state index contributed by atoms with van der Waals surface area (Å²) in [6.45, 7) is 0.0362. The maximum absolute atomic E-state index is 10.8. The standard InChI is InChI=1S/C12H14N2O2/c15-10(16)5-14-9-4-7-3-8(7)11(9)12(13-14)6-1-2-6/h6-8H,1-5H2,(H,15,16)/t7-,8-/m0/s1. The van der Waals surface area contributed by atoms with Gasteiger partial charge >= 0.3 is 5.97 Å². The summed E-state index contributed by atoms with van der Waals surface area (Å²) in [5.74, 6) is 1.40. The fourth-order valence-corrected chi connectivity index (χ4v) is 3.14. The van der Waals surface area contributed by atoms with Gasteiger partial charge in [0.2, 0.25) is 0 Å². The molecule has 1 N–H and O–H groups in total. The van der Waals surface area contributed by atoms with Crippen LogP contribution in [0.3, 0.4) is 0 Å². The van der Waals surface area contributed by atoms with E-state index in [0.29, 0.717) is 5.92 Å². The van der Waals surface area contributed by atoms with Gasteiger partial charge in [0.05, 0.1) is 5.69 Å². The summed E-state index contributed by atoms with van der Waals surface area (Å²) in [6, 6.07) is 0. The first kappa shape index (κ1) is 8.79. The average Bonchev–Trinajstić information content (AvgIpc) is 3.11. The molecular weight excluding hydrogens is 204 g/mol. The maximum Gasteiger partial charge on any atom is 0.325 e. The summed E-state index contributed by atoms with van der Waals surface area (Å²) in [7, 11) is 0. The minimum Gasteiger partial charge on any atom is -0.480 e. The lowest BCUT2D eigenvalue weighted by Gasteiger charge is -2.02. The molecule has 84 valence electrons. The van der Waals surface area contributed by atoms with E-state index >= 15 is 0 Å². The molecule has 2 fully saturated rings. The predicted molar refractivity (Wildman–Crippen MR) is 56.4 cm³/mol. The van der Waals surface area contributed by atoms with E-state index in [0.717, 1.165) is 18.3 Å². The van der Waals surface area contributed by atoms with Crippen LogP contribution in [0.1, 0.15) is 48.0 Å². The van der Waals surface area contributed by atoms with Crippen LogP contribution >= 0.6 is 0 Å². The summed E-state index contributed by atoms with van der Waals surface area (Å²) >= 11 is 0. The molecule has 0 aromatic carbocycles. The van der Waals surface area contributed by atoms with Crippen LogP contribution in [0.2, 0.25) is 0 Å². The summed E-state index contributed by atoms with van der Waals surface area (Å²) in [5, 5.41) is 13.4. The zero-order valence-electron chi connectivity index (χ0n) is 9.02. The summed E-state index contributed by atoms with van der Waals surface area (Å²) in [4.78, 5) is 10.8. The van der Waals surface area contributed by atoms with E-state index in [2.05, 4.69) is 5.10 Å². The van der Waals surface area contributed by atoms with E-state index in [-0.39, 0.29) is 6.54 Å². The number of aliphatic carboxylic acids is 1. The van der Waals surface area contributed by atoms with Crippen LogP contribution in [0.25, 0.3) is 0 Å². The smallest absolute Gasteiger partial charge is 0.325 e. The highest BCUT2D eigenvalue weighted by Gasteiger charge is 2.50. The Morgan fingerprint density at radius 1 is 1.50 bits per heavy atom. The second-order valence-electron chi connectivity index (χ2n) is 5.38. The van der Waals surface area contributed by atoms with Gasteiger partial charge in [0.15, 0.2) is 0 Å². The van der Waals surface area contributed by atoms with Crippen molar-refractivity contribution in [2.24, 2.45) is 5.92 Å². The number of carboxylic acids is 1. The lowest BCUT2D eigenvalue weighted by Crippen LogP contribution is -2.13. The van der Waals surface area contributed by atoms with Crippen molar-refractivity contribution < 1.29 is 9.90 Å². The van der Waals surface area contributed by atoms with Gasteiger partial charge in [-0.25, -0.2) is 0 Å². The first-order chi connectivity index (χ1) is 7.74. The molecule has 1 aromatic rings. The maximum atomic E-state index is 10.8. The number of rotatable bonds is 3. The van der Waals surface area contributed by atoms with Crippen molar-refractivity contribution in [2.45, 2.75) is 44.1 Å². The van der Waals surface area contributed by atoms with E-state index in [9.17, 15) is 4.79 Å². The highest BCUT2D eigenvalue weighted by atomic mass is 16.4. The molecule has 0 spiro atoms. The molecule has 0 radical (unpaired) electrons. The normalized spacial score (nSPS) is 30.0. The molecule has 1 aromatic heterocycles. The van der Waals surface area contributed by atoms with Crippen LogP contribution in [0.15, 0.2) is 0 Å². The van der Waals surface area contributed by atoms with Gasteiger partial charge in [0.1, 0.15) is 6.54 Å². The average molecular weight is 218 g/mol. The van der Waals surface area contributed by atoms with Crippen molar-refractivity contribution >= 4 is 5.97 Å². The van der Waals surface area contributed by atoms with Crippen LogP contribution in [0, 0.1) is 5.92 Å². The molecule has 0 unspecified atom stereocenters. The van der Waals surface area contributed by atoms with Gasteiger partial charge in [-0.3, -0.25) is 9.48 Å².